The van der Waals surface area contributed by atoms with Gasteiger partial charge in [0.05, 0.1) is 32.3 Å². The molecule has 0 amide bonds. The first-order valence-electron chi connectivity index (χ1n) is 9.45. The van der Waals surface area contributed by atoms with Crippen LogP contribution in [0.1, 0.15) is 15.9 Å². The maximum Gasteiger partial charge on any atom is 0.344 e. The second-order valence-electron chi connectivity index (χ2n) is 6.82. The largest absolute Gasteiger partial charge is 0.493 e. The van der Waals surface area contributed by atoms with E-state index in [-0.39, 0.29) is 16.7 Å². The molecule has 0 fully saturated rings. The van der Waals surface area contributed by atoms with Gasteiger partial charge in [0.1, 0.15) is 11.3 Å². The molecule has 4 rings (SSSR count). The number of methoxy groups -OCH3 is 3. The average molecular weight is 420 g/mol. The minimum Gasteiger partial charge on any atom is -0.493 e. The molecule has 0 bridgehead atoms. The Morgan fingerprint density at radius 2 is 1.61 bits per heavy atom. The Labute approximate surface area is 177 Å². The smallest absolute Gasteiger partial charge is 0.344 e. The number of ether oxygens (including phenoxy) is 4. The van der Waals surface area contributed by atoms with Crippen LogP contribution in [-0.2, 0) is 0 Å². The predicted octanol–water partition coefficient (Wildman–Crippen LogP) is 4.50. The van der Waals surface area contributed by atoms with Crippen LogP contribution in [0.2, 0.25) is 0 Å². The monoisotopic (exact) mass is 420 g/mol. The number of esters is 1. The lowest BCUT2D eigenvalue weighted by Gasteiger charge is -2.15. The first-order chi connectivity index (χ1) is 15.0. The fourth-order valence-corrected chi connectivity index (χ4v) is 3.56. The molecule has 7 heteroatoms. The van der Waals surface area contributed by atoms with Gasteiger partial charge in [-0.1, -0.05) is 18.2 Å². The van der Waals surface area contributed by atoms with Gasteiger partial charge >= 0.3 is 11.6 Å². The van der Waals surface area contributed by atoms with Gasteiger partial charge in [-0.15, -0.1) is 0 Å². The van der Waals surface area contributed by atoms with Crippen LogP contribution in [0.3, 0.4) is 0 Å². The van der Waals surface area contributed by atoms with Crippen molar-refractivity contribution in [1.82, 2.24) is 0 Å². The van der Waals surface area contributed by atoms with Crippen LogP contribution in [0.15, 0.2) is 57.7 Å². The summed E-state index contributed by atoms with van der Waals surface area (Å²) in [6.45, 7) is 1.83. The van der Waals surface area contributed by atoms with Crippen molar-refractivity contribution in [2.24, 2.45) is 0 Å². The summed E-state index contributed by atoms with van der Waals surface area (Å²) in [7, 11) is 4.44. The van der Waals surface area contributed by atoms with Crippen molar-refractivity contribution >= 4 is 27.7 Å². The number of benzene rings is 3. The lowest BCUT2D eigenvalue weighted by molar-refractivity contribution is 0.0734. The Bertz CT molecular complexity index is 1370. The lowest BCUT2D eigenvalue weighted by atomic mass is 10.0. The summed E-state index contributed by atoms with van der Waals surface area (Å²) in [5, 5.41) is 1.40. The standard InChI is InChI=1S/C24H20O7/c1-13-7-5-6-8-15(13)23(25)30-14-9-10-16-18(11-14)31-24(26)17-12-19(27-2)21(28-3)22(29-4)20(16)17/h5-12H,1-4H3. The van der Waals surface area contributed by atoms with Crippen molar-refractivity contribution in [3.05, 3.63) is 70.1 Å². The van der Waals surface area contributed by atoms with Crippen molar-refractivity contribution in [2.75, 3.05) is 21.3 Å². The molecule has 0 atom stereocenters. The minimum atomic E-state index is -0.580. The third-order valence-corrected chi connectivity index (χ3v) is 5.05. The summed E-state index contributed by atoms with van der Waals surface area (Å²) in [5.41, 5.74) is 0.930. The molecule has 31 heavy (non-hydrogen) atoms. The van der Waals surface area contributed by atoms with E-state index < -0.39 is 11.6 Å². The van der Waals surface area contributed by atoms with Gasteiger partial charge in [-0.25, -0.2) is 9.59 Å². The molecule has 0 radical (unpaired) electrons. The summed E-state index contributed by atoms with van der Waals surface area (Å²) in [6, 6.07) is 13.5. The zero-order valence-electron chi connectivity index (χ0n) is 17.5. The van der Waals surface area contributed by atoms with Crippen LogP contribution in [0.5, 0.6) is 23.0 Å². The zero-order valence-corrected chi connectivity index (χ0v) is 17.5. The van der Waals surface area contributed by atoms with Crippen LogP contribution < -0.4 is 24.6 Å². The van der Waals surface area contributed by atoms with Crippen LogP contribution in [-0.4, -0.2) is 27.3 Å². The summed E-state index contributed by atoms with van der Waals surface area (Å²) in [4.78, 5) is 25.2. The van der Waals surface area contributed by atoms with Gasteiger partial charge in [-0.2, -0.15) is 0 Å². The topological polar surface area (TPSA) is 84.2 Å². The first kappa shape index (κ1) is 20.3. The van der Waals surface area contributed by atoms with Gasteiger partial charge in [-0.05, 0) is 36.8 Å². The van der Waals surface area contributed by atoms with Gasteiger partial charge in [0.25, 0.3) is 0 Å². The molecule has 0 spiro atoms. The molecule has 0 N–H and O–H groups in total. The number of carbonyl (C=O) groups is 1. The molecule has 1 aromatic heterocycles. The molecule has 0 aliphatic carbocycles. The summed E-state index contributed by atoms with van der Waals surface area (Å²) in [6.07, 6.45) is 0. The van der Waals surface area contributed by atoms with E-state index >= 15 is 0 Å². The second kappa shape index (κ2) is 8.02. The van der Waals surface area contributed by atoms with Gasteiger partial charge in [0.2, 0.25) is 5.75 Å². The molecular weight excluding hydrogens is 400 g/mol. The van der Waals surface area contributed by atoms with Gasteiger partial charge < -0.3 is 23.4 Å². The van der Waals surface area contributed by atoms with Crippen molar-refractivity contribution in [2.45, 2.75) is 6.92 Å². The van der Waals surface area contributed by atoms with E-state index in [0.29, 0.717) is 33.6 Å². The summed E-state index contributed by atoms with van der Waals surface area (Å²) >= 11 is 0. The number of hydrogen-bond acceptors (Lipinski definition) is 7. The molecule has 1 heterocycles. The normalized spacial score (nSPS) is 10.8. The predicted molar refractivity (Wildman–Crippen MR) is 116 cm³/mol. The molecule has 0 aliphatic rings. The molecule has 4 aromatic rings. The average Bonchev–Trinajstić information content (AvgIpc) is 2.77. The molecular formula is C24H20O7. The number of carbonyl (C=O) groups excluding carboxylic acids is 1. The molecule has 158 valence electrons. The van der Waals surface area contributed by atoms with E-state index in [1.54, 1.807) is 30.3 Å². The summed E-state index contributed by atoms with van der Waals surface area (Å²) in [5.74, 6) is 0.813. The number of aryl methyl sites for hydroxylation is 1. The van der Waals surface area contributed by atoms with E-state index in [4.69, 9.17) is 23.4 Å². The highest BCUT2D eigenvalue weighted by atomic mass is 16.5. The Kier molecular flexibility index (Phi) is 5.25. The fraction of sp³-hybridized carbons (Fsp3) is 0.167. The number of hydrogen-bond donors (Lipinski definition) is 0. The third kappa shape index (κ3) is 3.44. The molecule has 0 saturated heterocycles. The second-order valence-corrected chi connectivity index (χ2v) is 6.82. The van der Waals surface area contributed by atoms with Crippen LogP contribution in [0.4, 0.5) is 0 Å². The SMILES string of the molecule is COc1cc2c(=O)oc3cc(OC(=O)c4ccccc4C)ccc3c2c(OC)c1OC. The molecule has 7 nitrogen and oxygen atoms in total. The van der Waals surface area contributed by atoms with Crippen LogP contribution >= 0.6 is 0 Å². The van der Waals surface area contributed by atoms with E-state index in [2.05, 4.69) is 0 Å². The highest BCUT2D eigenvalue weighted by Gasteiger charge is 2.21. The quantitative estimate of drug-likeness (QED) is 0.203. The lowest BCUT2D eigenvalue weighted by Crippen LogP contribution is -2.10. The maximum atomic E-state index is 12.7. The third-order valence-electron chi connectivity index (χ3n) is 5.05. The Balaban J connectivity index is 1.88. The van der Waals surface area contributed by atoms with Crippen molar-refractivity contribution in [1.29, 1.82) is 0 Å². The van der Waals surface area contributed by atoms with Crippen LogP contribution in [0, 0.1) is 6.92 Å². The fourth-order valence-electron chi connectivity index (χ4n) is 3.56. The van der Waals surface area contributed by atoms with E-state index in [9.17, 15) is 9.59 Å². The molecule has 3 aromatic carbocycles. The number of fused-ring (bicyclic) bond motifs is 3. The van der Waals surface area contributed by atoms with Gasteiger partial charge in [0, 0.05) is 16.8 Å². The van der Waals surface area contributed by atoms with Crippen LogP contribution in [0.25, 0.3) is 21.7 Å². The molecule has 0 unspecified atom stereocenters. The Hall–Kier alpha value is -4.00. The highest BCUT2D eigenvalue weighted by molar-refractivity contribution is 6.10. The number of rotatable bonds is 5. The van der Waals surface area contributed by atoms with E-state index in [1.807, 2.05) is 19.1 Å². The Morgan fingerprint density at radius 3 is 2.29 bits per heavy atom. The van der Waals surface area contributed by atoms with Crippen molar-refractivity contribution < 1.29 is 28.2 Å². The summed E-state index contributed by atoms with van der Waals surface area (Å²) < 4.78 is 27.3. The molecule has 0 saturated carbocycles. The molecule has 0 aliphatic heterocycles. The van der Waals surface area contributed by atoms with Gasteiger partial charge in [0.15, 0.2) is 11.5 Å². The zero-order chi connectivity index (χ0) is 22.1. The van der Waals surface area contributed by atoms with E-state index in [0.717, 1.165) is 5.56 Å². The van der Waals surface area contributed by atoms with E-state index in [1.165, 1.54) is 27.4 Å². The minimum absolute atomic E-state index is 0.248. The van der Waals surface area contributed by atoms with Crippen molar-refractivity contribution in [3.8, 4) is 23.0 Å². The Morgan fingerprint density at radius 1 is 0.871 bits per heavy atom. The van der Waals surface area contributed by atoms with Crippen molar-refractivity contribution in [3.63, 3.8) is 0 Å². The first-order valence-corrected chi connectivity index (χ1v) is 9.45. The highest BCUT2D eigenvalue weighted by Crippen LogP contribution is 2.45. The maximum absolute atomic E-state index is 12.7. The van der Waals surface area contributed by atoms with Gasteiger partial charge in [-0.3, -0.25) is 0 Å².